The van der Waals surface area contributed by atoms with Crippen LogP contribution in [0.25, 0.3) is 0 Å². The Morgan fingerprint density at radius 1 is 0.885 bits per heavy atom. The third kappa shape index (κ3) is 4.28. The van der Waals surface area contributed by atoms with Crippen LogP contribution in [-0.4, -0.2) is 47.6 Å². The summed E-state index contributed by atoms with van der Waals surface area (Å²) in [6.45, 7) is 3.79. The van der Waals surface area contributed by atoms with Gasteiger partial charge in [0.15, 0.2) is 0 Å². The number of aliphatic hydroxyl groups is 1. The molecule has 2 atom stereocenters. The molecule has 0 amide bonds. The molecule has 0 aliphatic carbocycles. The standard InChI is InChI=1S/C21H22N4O/c22-14-17-6-8-19(9-7-17)21(26)16-24-10-12-25(13-11-24)20(15-23)18-4-2-1-3-5-18/h1-9,20-21,26H,10-13,16H2. The van der Waals surface area contributed by atoms with Crippen molar-refractivity contribution < 1.29 is 5.11 Å². The topological polar surface area (TPSA) is 74.3 Å². The first-order chi connectivity index (χ1) is 12.7. The van der Waals surface area contributed by atoms with E-state index in [9.17, 15) is 10.4 Å². The highest BCUT2D eigenvalue weighted by atomic mass is 16.3. The third-order valence-corrected chi connectivity index (χ3v) is 4.87. The largest absolute Gasteiger partial charge is 0.387 e. The van der Waals surface area contributed by atoms with E-state index in [-0.39, 0.29) is 6.04 Å². The predicted molar refractivity (Wildman–Crippen MR) is 98.9 cm³/mol. The molecule has 1 heterocycles. The maximum absolute atomic E-state index is 10.4. The average Bonchev–Trinajstić information content (AvgIpc) is 2.70. The summed E-state index contributed by atoms with van der Waals surface area (Å²) in [6.07, 6.45) is -0.574. The molecule has 26 heavy (non-hydrogen) atoms. The van der Waals surface area contributed by atoms with E-state index in [1.165, 1.54) is 0 Å². The van der Waals surface area contributed by atoms with Gasteiger partial charge >= 0.3 is 0 Å². The zero-order valence-corrected chi connectivity index (χ0v) is 14.6. The van der Waals surface area contributed by atoms with Crippen LogP contribution in [0.3, 0.4) is 0 Å². The van der Waals surface area contributed by atoms with Gasteiger partial charge in [0.2, 0.25) is 0 Å². The van der Waals surface area contributed by atoms with Crippen molar-refractivity contribution in [2.75, 3.05) is 32.7 Å². The highest BCUT2D eigenvalue weighted by Gasteiger charge is 2.25. The van der Waals surface area contributed by atoms with Crippen molar-refractivity contribution in [3.05, 3.63) is 71.3 Å². The first kappa shape index (κ1) is 18.1. The van der Waals surface area contributed by atoms with E-state index in [1.807, 2.05) is 30.3 Å². The fraction of sp³-hybridized carbons (Fsp3) is 0.333. The molecule has 2 aromatic rings. The molecule has 1 N–H and O–H groups in total. The van der Waals surface area contributed by atoms with Gasteiger partial charge in [-0.3, -0.25) is 9.80 Å². The van der Waals surface area contributed by atoms with Gasteiger partial charge < -0.3 is 5.11 Å². The van der Waals surface area contributed by atoms with E-state index < -0.39 is 6.10 Å². The van der Waals surface area contributed by atoms with E-state index in [0.717, 1.165) is 37.3 Å². The Morgan fingerprint density at radius 3 is 2.12 bits per heavy atom. The van der Waals surface area contributed by atoms with Crippen molar-refractivity contribution in [1.82, 2.24) is 9.80 Å². The highest BCUT2D eigenvalue weighted by molar-refractivity contribution is 5.32. The second kappa shape index (κ2) is 8.60. The highest BCUT2D eigenvalue weighted by Crippen LogP contribution is 2.22. The molecule has 0 saturated carbocycles. The summed E-state index contributed by atoms with van der Waals surface area (Å²) in [4.78, 5) is 4.42. The minimum Gasteiger partial charge on any atom is -0.387 e. The van der Waals surface area contributed by atoms with Gasteiger partial charge in [0.05, 0.1) is 23.8 Å². The Kier molecular flexibility index (Phi) is 5.99. The number of rotatable bonds is 5. The van der Waals surface area contributed by atoms with E-state index in [2.05, 4.69) is 21.9 Å². The van der Waals surface area contributed by atoms with Crippen molar-refractivity contribution >= 4 is 0 Å². The lowest BCUT2D eigenvalue weighted by molar-refractivity contribution is 0.0644. The molecule has 2 unspecified atom stereocenters. The van der Waals surface area contributed by atoms with Crippen molar-refractivity contribution in [3.63, 3.8) is 0 Å². The van der Waals surface area contributed by atoms with Gasteiger partial charge in [-0.15, -0.1) is 0 Å². The first-order valence-corrected chi connectivity index (χ1v) is 8.80. The second-order valence-corrected chi connectivity index (χ2v) is 6.53. The Hall–Kier alpha value is -2.70. The zero-order valence-electron chi connectivity index (χ0n) is 14.6. The molecule has 5 heteroatoms. The third-order valence-electron chi connectivity index (χ3n) is 4.87. The molecule has 132 valence electrons. The quantitative estimate of drug-likeness (QED) is 0.900. The monoisotopic (exact) mass is 346 g/mol. The molecule has 3 rings (SSSR count). The van der Waals surface area contributed by atoms with Gasteiger partial charge in [-0.1, -0.05) is 42.5 Å². The molecule has 5 nitrogen and oxygen atoms in total. The number of nitrogens with zero attached hydrogens (tertiary/aromatic N) is 4. The first-order valence-electron chi connectivity index (χ1n) is 8.80. The van der Waals surface area contributed by atoms with E-state index >= 15 is 0 Å². The van der Waals surface area contributed by atoms with Crippen LogP contribution in [0.5, 0.6) is 0 Å². The second-order valence-electron chi connectivity index (χ2n) is 6.53. The van der Waals surface area contributed by atoms with Gasteiger partial charge in [-0.2, -0.15) is 10.5 Å². The van der Waals surface area contributed by atoms with E-state index in [0.29, 0.717) is 12.1 Å². The fourth-order valence-corrected chi connectivity index (χ4v) is 3.34. The summed E-state index contributed by atoms with van der Waals surface area (Å²) in [5.74, 6) is 0. The summed E-state index contributed by atoms with van der Waals surface area (Å²) >= 11 is 0. The van der Waals surface area contributed by atoms with Gasteiger partial charge in [0.1, 0.15) is 6.04 Å². The van der Waals surface area contributed by atoms with Crippen LogP contribution in [0.15, 0.2) is 54.6 Å². The van der Waals surface area contributed by atoms with Crippen LogP contribution >= 0.6 is 0 Å². The molecule has 1 saturated heterocycles. The maximum atomic E-state index is 10.4. The summed E-state index contributed by atoms with van der Waals surface area (Å²) in [5, 5.41) is 28.9. The number of aliphatic hydroxyl groups excluding tert-OH is 1. The molecule has 0 spiro atoms. The number of benzene rings is 2. The van der Waals surface area contributed by atoms with Crippen LogP contribution in [0, 0.1) is 22.7 Å². The maximum Gasteiger partial charge on any atom is 0.123 e. The number of piperazine rings is 1. The van der Waals surface area contributed by atoms with Crippen molar-refractivity contribution in [1.29, 1.82) is 10.5 Å². The van der Waals surface area contributed by atoms with Gasteiger partial charge in [-0.05, 0) is 23.3 Å². The van der Waals surface area contributed by atoms with Gasteiger partial charge in [-0.25, -0.2) is 0 Å². The molecular weight excluding hydrogens is 324 g/mol. The van der Waals surface area contributed by atoms with Crippen LogP contribution in [0.1, 0.15) is 28.8 Å². The van der Waals surface area contributed by atoms with E-state index in [4.69, 9.17) is 5.26 Å². The lowest BCUT2D eigenvalue weighted by Gasteiger charge is -2.37. The minimum atomic E-state index is -0.574. The minimum absolute atomic E-state index is 0.221. The number of hydrogen-bond donors (Lipinski definition) is 1. The SMILES string of the molecule is N#Cc1ccc(C(O)CN2CCN(C(C#N)c3ccccc3)CC2)cc1. The Labute approximate surface area is 154 Å². The lowest BCUT2D eigenvalue weighted by Crippen LogP contribution is -2.48. The molecule has 0 radical (unpaired) electrons. The Bertz CT molecular complexity index is 784. The van der Waals surface area contributed by atoms with Crippen molar-refractivity contribution in [2.45, 2.75) is 12.1 Å². The molecule has 2 aromatic carbocycles. The molecule has 1 fully saturated rings. The normalized spacial score (nSPS) is 17.8. The Morgan fingerprint density at radius 2 is 1.54 bits per heavy atom. The Balaban J connectivity index is 1.55. The zero-order chi connectivity index (χ0) is 18.4. The average molecular weight is 346 g/mol. The fourth-order valence-electron chi connectivity index (χ4n) is 3.34. The van der Waals surface area contributed by atoms with Crippen LogP contribution in [-0.2, 0) is 0 Å². The lowest BCUT2D eigenvalue weighted by atomic mass is 10.0. The molecular formula is C21H22N4O. The molecule has 1 aliphatic heterocycles. The van der Waals surface area contributed by atoms with Gasteiger partial charge in [0, 0.05) is 32.7 Å². The molecule has 0 aromatic heterocycles. The smallest absolute Gasteiger partial charge is 0.123 e. The summed E-state index contributed by atoms with van der Waals surface area (Å²) in [5.41, 5.74) is 2.45. The summed E-state index contributed by atoms with van der Waals surface area (Å²) in [6, 6.07) is 21.2. The van der Waals surface area contributed by atoms with Gasteiger partial charge in [0.25, 0.3) is 0 Å². The molecule has 1 aliphatic rings. The number of nitriles is 2. The summed E-state index contributed by atoms with van der Waals surface area (Å²) < 4.78 is 0. The van der Waals surface area contributed by atoms with Crippen LogP contribution in [0.4, 0.5) is 0 Å². The van der Waals surface area contributed by atoms with Crippen molar-refractivity contribution in [2.24, 2.45) is 0 Å². The van der Waals surface area contributed by atoms with Crippen molar-refractivity contribution in [3.8, 4) is 12.1 Å². The number of hydrogen-bond acceptors (Lipinski definition) is 5. The molecule has 0 bridgehead atoms. The van der Waals surface area contributed by atoms with Crippen LogP contribution in [0.2, 0.25) is 0 Å². The van der Waals surface area contributed by atoms with E-state index in [1.54, 1.807) is 24.3 Å². The van der Waals surface area contributed by atoms with Crippen LogP contribution < -0.4 is 0 Å². The predicted octanol–water partition coefficient (Wildman–Crippen LogP) is 2.47. The number of β-amino-alcohol motifs (C(OH)–C–C–N with tert-alkyl or cyclic N) is 1. The summed E-state index contributed by atoms with van der Waals surface area (Å²) in [7, 11) is 0.